The molecule has 5 aromatic rings. The maximum absolute atomic E-state index is 5.91. The molecule has 30 heavy (non-hydrogen) atoms. The van der Waals surface area contributed by atoms with Crippen LogP contribution >= 0.6 is 34.7 Å². The Morgan fingerprint density at radius 1 is 0.933 bits per heavy atom. The minimum absolute atomic E-state index is 0.685. The van der Waals surface area contributed by atoms with Gasteiger partial charge in [-0.25, -0.2) is 9.50 Å². The van der Waals surface area contributed by atoms with Gasteiger partial charge in [0.2, 0.25) is 4.96 Å². The maximum atomic E-state index is 5.91. The summed E-state index contributed by atoms with van der Waals surface area (Å²) in [5, 5.41) is 5.32. The van der Waals surface area contributed by atoms with Gasteiger partial charge in [-0.1, -0.05) is 34.7 Å². The zero-order chi connectivity index (χ0) is 20.3. The van der Waals surface area contributed by atoms with E-state index in [0.717, 1.165) is 37.8 Å². The first kappa shape index (κ1) is 19.1. The molecule has 0 unspecified atom stereocenters. The third-order valence-electron chi connectivity index (χ3n) is 4.34. The summed E-state index contributed by atoms with van der Waals surface area (Å²) >= 11 is 9.20. The summed E-state index contributed by atoms with van der Waals surface area (Å²) in [6, 6.07) is 19.2. The van der Waals surface area contributed by atoms with Crippen LogP contribution in [0.4, 0.5) is 0 Å². The van der Waals surface area contributed by atoms with E-state index in [1.54, 1.807) is 35.2 Å². The van der Waals surface area contributed by atoms with Gasteiger partial charge in [-0.15, -0.1) is 5.10 Å². The molecule has 0 radical (unpaired) electrons. The Morgan fingerprint density at radius 2 is 1.63 bits per heavy atom. The molecule has 3 aromatic heterocycles. The third kappa shape index (κ3) is 4.33. The van der Waals surface area contributed by atoms with Crippen molar-refractivity contribution in [2.45, 2.75) is 10.1 Å². The standard InChI is InChI=1S/C22H15ClN4OS2/c23-17-3-7-19(8-4-17)28-18-5-1-16(2-6-18)20-13-27-21(25-20)30-22(26-27)29-14-15-9-11-24-12-10-15/h1-13H,14H2. The number of rotatable bonds is 6. The van der Waals surface area contributed by atoms with E-state index >= 15 is 0 Å². The molecule has 148 valence electrons. The lowest BCUT2D eigenvalue weighted by Crippen LogP contribution is -1.85. The molecule has 0 fully saturated rings. The van der Waals surface area contributed by atoms with Crippen LogP contribution in [0.2, 0.25) is 5.02 Å². The van der Waals surface area contributed by atoms with E-state index in [1.807, 2.05) is 71.6 Å². The number of hydrogen-bond acceptors (Lipinski definition) is 6. The minimum Gasteiger partial charge on any atom is -0.457 e. The number of pyridine rings is 1. The molecular weight excluding hydrogens is 436 g/mol. The molecule has 0 aliphatic heterocycles. The first-order chi connectivity index (χ1) is 14.7. The molecule has 0 aliphatic rings. The highest BCUT2D eigenvalue weighted by molar-refractivity contribution is 8.00. The lowest BCUT2D eigenvalue weighted by atomic mass is 10.2. The quantitative estimate of drug-likeness (QED) is 0.273. The maximum Gasteiger partial charge on any atom is 0.213 e. The van der Waals surface area contributed by atoms with E-state index in [4.69, 9.17) is 21.3 Å². The number of fused-ring (bicyclic) bond motifs is 1. The smallest absolute Gasteiger partial charge is 0.213 e. The molecule has 0 amide bonds. The van der Waals surface area contributed by atoms with E-state index in [0.29, 0.717) is 5.02 Å². The Morgan fingerprint density at radius 3 is 2.33 bits per heavy atom. The Kier molecular flexibility index (Phi) is 5.40. The Hall–Kier alpha value is -2.87. The Labute approximate surface area is 186 Å². The number of ether oxygens (including phenoxy) is 1. The van der Waals surface area contributed by atoms with Gasteiger partial charge in [-0.3, -0.25) is 4.98 Å². The summed E-state index contributed by atoms with van der Waals surface area (Å²) in [6.45, 7) is 0. The zero-order valence-electron chi connectivity index (χ0n) is 15.6. The summed E-state index contributed by atoms with van der Waals surface area (Å²) in [7, 11) is 0. The van der Waals surface area contributed by atoms with Gasteiger partial charge in [0.15, 0.2) is 4.34 Å². The van der Waals surface area contributed by atoms with Gasteiger partial charge in [0.05, 0.1) is 11.9 Å². The van der Waals surface area contributed by atoms with Gasteiger partial charge in [-0.2, -0.15) is 0 Å². The van der Waals surface area contributed by atoms with Crippen LogP contribution in [-0.2, 0) is 5.75 Å². The van der Waals surface area contributed by atoms with Crippen molar-refractivity contribution in [2.75, 3.05) is 0 Å². The fourth-order valence-corrected chi connectivity index (χ4v) is 4.84. The second-order valence-corrected chi connectivity index (χ2v) is 9.06. The first-order valence-corrected chi connectivity index (χ1v) is 11.3. The zero-order valence-corrected chi connectivity index (χ0v) is 18.0. The predicted octanol–water partition coefficient (Wildman–Crippen LogP) is 6.59. The van der Waals surface area contributed by atoms with Crippen LogP contribution in [0.3, 0.4) is 0 Å². The number of thioether (sulfide) groups is 1. The van der Waals surface area contributed by atoms with Crippen LogP contribution in [0.1, 0.15) is 5.56 Å². The average molecular weight is 451 g/mol. The van der Waals surface area contributed by atoms with Gasteiger partial charge in [0, 0.05) is 28.7 Å². The largest absolute Gasteiger partial charge is 0.457 e. The fraction of sp³-hybridized carbons (Fsp3) is 0.0455. The summed E-state index contributed by atoms with van der Waals surface area (Å²) < 4.78 is 8.68. The number of hydrogen-bond donors (Lipinski definition) is 0. The molecule has 0 N–H and O–H groups in total. The lowest BCUT2D eigenvalue weighted by molar-refractivity contribution is 0.483. The number of nitrogens with zero attached hydrogens (tertiary/aromatic N) is 4. The normalized spacial score (nSPS) is 11.1. The topological polar surface area (TPSA) is 52.3 Å². The monoisotopic (exact) mass is 450 g/mol. The minimum atomic E-state index is 0.685. The van der Waals surface area contributed by atoms with Crippen LogP contribution in [0, 0.1) is 0 Å². The van der Waals surface area contributed by atoms with E-state index < -0.39 is 0 Å². The Bertz CT molecular complexity index is 1240. The highest BCUT2D eigenvalue weighted by atomic mass is 35.5. The summed E-state index contributed by atoms with van der Waals surface area (Å²) in [6.07, 6.45) is 5.57. The van der Waals surface area contributed by atoms with Crippen molar-refractivity contribution in [1.29, 1.82) is 0 Å². The van der Waals surface area contributed by atoms with E-state index in [1.165, 1.54) is 5.56 Å². The molecule has 2 aromatic carbocycles. The molecule has 0 spiro atoms. The van der Waals surface area contributed by atoms with Crippen LogP contribution in [-0.4, -0.2) is 19.6 Å². The fourth-order valence-electron chi connectivity index (χ4n) is 2.84. The van der Waals surface area contributed by atoms with E-state index in [-0.39, 0.29) is 0 Å². The molecule has 0 bridgehead atoms. The third-order valence-corrected chi connectivity index (χ3v) is 6.71. The van der Waals surface area contributed by atoms with Crippen LogP contribution < -0.4 is 4.74 Å². The number of aromatic nitrogens is 4. The highest BCUT2D eigenvalue weighted by Gasteiger charge is 2.11. The number of benzene rings is 2. The first-order valence-electron chi connectivity index (χ1n) is 9.15. The van der Waals surface area contributed by atoms with Crippen molar-refractivity contribution in [3.05, 3.63) is 89.8 Å². The molecule has 5 rings (SSSR count). The van der Waals surface area contributed by atoms with Gasteiger partial charge >= 0.3 is 0 Å². The summed E-state index contributed by atoms with van der Waals surface area (Å²) in [4.78, 5) is 9.65. The van der Waals surface area contributed by atoms with Crippen LogP contribution in [0.5, 0.6) is 11.5 Å². The highest BCUT2D eigenvalue weighted by Crippen LogP contribution is 2.30. The van der Waals surface area contributed by atoms with E-state index in [9.17, 15) is 0 Å². The second kappa shape index (κ2) is 8.47. The van der Waals surface area contributed by atoms with Crippen molar-refractivity contribution in [2.24, 2.45) is 0 Å². The van der Waals surface area contributed by atoms with E-state index in [2.05, 4.69) is 10.1 Å². The molecule has 3 heterocycles. The summed E-state index contributed by atoms with van der Waals surface area (Å²) in [5.74, 6) is 2.37. The Balaban J connectivity index is 1.27. The van der Waals surface area contributed by atoms with Crippen LogP contribution in [0.15, 0.2) is 83.6 Å². The predicted molar refractivity (Wildman–Crippen MR) is 122 cm³/mol. The SMILES string of the molecule is Clc1ccc(Oc2ccc(-c3cn4nc(SCc5ccncc5)sc4n3)cc2)cc1. The molecule has 8 heteroatoms. The molecule has 0 saturated heterocycles. The number of imidazole rings is 1. The molecular formula is C22H15ClN4OS2. The van der Waals surface area contributed by atoms with Crippen molar-refractivity contribution >= 4 is 39.7 Å². The average Bonchev–Trinajstić information content (AvgIpc) is 3.34. The van der Waals surface area contributed by atoms with Gasteiger partial charge in [0.25, 0.3) is 0 Å². The lowest BCUT2D eigenvalue weighted by Gasteiger charge is -2.06. The molecule has 5 nitrogen and oxygen atoms in total. The second-order valence-electron chi connectivity index (χ2n) is 6.45. The van der Waals surface area contributed by atoms with Crippen LogP contribution in [0.25, 0.3) is 16.2 Å². The summed E-state index contributed by atoms with van der Waals surface area (Å²) in [5.41, 5.74) is 3.13. The van der Waals surface area contributed by atoms with Gasteiger partial charge in [-0.05, 0) is 66.2 Å². The number of halogens is 1. The van der Waals surface area contributed by atoms with Gasteiger partial charge in [0.1, 0.15) is 11.5 Å². The van der Waals surface area contributed by atoms with Crippen molar-refractivity contribution in [3.8, 4) is 22.8 Å². The molecule has 0 aliphatic carbocycles. The molecule has 0 atom stereocenters. The van der Waals surface area contributed by atoms with Crippen molar-refractivity contribution in [3.63, 3.8) is 0 Å². The van der Waals surface area contributed by atoms with Gasteiger partial charge < -0.3 is 4.74 Å². The van der Waals surface area contributed by atoms with Crippen molar-refractivity contribution in [1.82, 2.24) is 19.6 Å². The van der Waals surface area contributed by atoms with Crippen molar-refractivity contribution < 1.29 is 4.74 Å². The molecule has 0 saturated carbocycles.